The smallest absolute Gasteiger partial charge is 0.227 e. The molecule has 1 saturated carbocycles. The standard InChI is InChI=1S/C18H23NO4/c20-18(19-7-8-21-15-4-2-1-3-14(15)19)12-13-5-6-16-17(11-13)23-10-9-22-16/h5-6,11,14-15H,1-4,7-10,12H2/t14-,15+/m0/s1. The van der Waals surface area contributed by atoms with Crippen molar-refractivity contribution in [3.05, 3.63) is 23.8 Å². The summed E-state index contributed by atoms with van der Waals surface area (Å²) >= 11 is 0. The average molecular weight is 317 g/mol. The molecule has 5 nitrogen and oxygen atoms in total. The second-order valence-corrected chi connectivity index (χ2v) is 6.50. The molecule has 1 aromatic rings. The summed E-state index contributed by atoms with van der Waals surface area (Å²) < 4.78 is 17.0. The highest BCUT2D eigenvalue weighted by molar-refractivity contribution is 5.79. The molecular weight excluding hydrogens is 294 g/mol. The Morgan fingerprint density at radius 2 is 1.91 bits per heavy atom. The van der Waals surface area contributed by atoms with Gasteiger partial charge in [-0.2, -0.15) is 0 Å². The molecule has 0 spiro atoms. The van der Waals surface area contributed by atoms with Gasteiger partial charge in [0.15, 0.2) is 11.5 Å². The average Bonchev–Trinajstić information content (AvgIpc) is 2.61. The molecule has 2 heterocycles. The topological polar surface area (TPSA) is 48.0 Å². The highest BCUT2D eigenvalue weighted by Gasteiger charge is 2.36. The van der Waals surface area contributed by atoms with E-state index in [-0.39, 0.29) is 18.1 Å². The zero-order valence-electron chi connectivity index (χ0n) is 13.3. The SMILES string of the molecule is O=C(Cc1ccc2c(c1)OCCO2)N1CCO[C@@H]2CCCC[C@@H]21. The molecule has 0 unspecified atom stereocenters. The normalized spacial score (nSPS) is 26.5. The summed E-state index contributed by atoms with van der Waals surface area (Å²) in [5.74, 6) is 1.71. The maximum absolute atomic E-state index is 12.8. The molecule has 0 aromatic heterocycles. The zero-order valence-corrected chi connectivity index (χ0v) is 13.3. The number of carbonyl (C=O) groups excluding carboxylic acids is 1. The molecule has 0 bridgehead atoms. The van der Waals surface area contributed by atoms with Crippen LogP contribution >= 0.6 is 0 Å². The minimum Gasteiger partial charge on any atom is -0.486 e. The molecule has 0 radical (unpaired) electrons. The fourth-order valence-electron chi connectivity index (χ4n) is 3.88. The molecule has 23 heavy (non-hydrogen) atoms. The number of fused-ring (bicyclic) bond motifs is 2. The van der Waals surface area contributed by atoms with Gasteiger partial charge in [-0.1, -0.05) is 18.9 Å². The number of morpholine rings is 1. The van der Waals surface area contributed by atoms with Crippen molar-refractivity contribution in [3.63, 3.8) is 0 Å². The van der Waals surface area contributed by atoms with Gasteiger partial charge in [0.1, 0.15) is 13.2 Å². The van der Waals surface area contributed by atoms with Crippen molar-refractivity contribution in [3.8, 4) is 11.5 Å². The summed E-state index contributed by atoms with van der Waals surface area (Å²) in [5, 5.41) is 0. The third-order valence-corrected chi connectivity index (χ3v) is 5.01. The molecule has 2 atom stereocenters. The van der Waals surface area contributed by atoms with Crippen LogP contribution in [0.25, 0.3) is 0 Å². The van der Waals surface area contributed by atoms with Crippen LogP contribution in [0.2, 0.25) is 0 Å². The van der Waals surface area contributed by atoms with Crippen molar-refractivity contribution in [1.82, 2.24) is 4.90 Å². The largest absolute Gasteiger partial charge is 0.486 e. The van der Waals surface area contributed by atoms with Crippen LogP contribution in [0, 0.1) is 0 Å². The Kier molecular flexibility index (Phi) is 4.12. The second-order valence-electron chi connectivity index (χ2n) is 6.50. The molecule has 3 aliphatic rings. The molecule has 1 aliphatic carbocycles. The minimum absolute atomic E-state index is 0.196. The Morgan fingerprint density at radius 3 is 2.83 bits per heavy atom. The molecule has 1 saturated heterocycles. The van der Waals surface area contributed by atoms with Crippen LogP contribution in [-0.2, 0) is 16.0 Å². The van der Waals surface area contributed by atoms with Gasteiger partial charge in [-0.25, -0.2) is 0 Å². The first-order valence-corrected chi connectivity index (χ1v) is 8.61. The summed E-state index contributed by atoms with van der Waals surface area (Å²) in [6.07, 6.45) is 5.21. The zero-order chi connectivity index (χ0) is 15.6. The van der Waals surface area contributed by atoms with E-state index >= 15 is 0 Å². The van der Waals surface area contributed by atoms with E-state index in [1.54, 1.807) is 0 Å². The number of rotatable bonds is 2. The lowest BCUT2D eigenvalue weighted by Gasteiger charge is -2.43. The highest BCUT2D eigenvalue weighted by Crippen LogP contribution is 2.32. The Balaban J connectivity index is 1.46. The van der Waals surface area contributed by atoms with E-state index in [2.05, 4.69) is 0 Å². The van der Waals surface area contributed by atoms with Crippen LogP contribution in [0.4, 0.5) is 0 Å². The molecule has 2 fully saturated rings. The number of hydrogen-bond acceptors (Lipinski definition) is 4. The predicted octanol–water partition coefficient (Wildman–Crippen LogP) is 2.17. The van der Waals surface area contributed by atoms with E-state index < -0.39 is 0 Å². The monoisotopic (exact) mass is 317 g/mol. The highest BCUT2D eigenvalue weighted by atomic mass is 16.6. The number of benzene rings is 1. The molecule has 5 heteroatoms. The number of amides is 1. The van der Waals surface area contributed by atoms with Crippen LogP contribution in [0.1, 0.15) is 31.2 Å². The number of carbonyl (C=O) groups is 1. The summed E-state index contributed by atoms with van der Waals surface area (Å²) in [7, 11) is 0. The Bertz CT molecular complexity index is 586. The number of nitrogens with zero attached hydrogens (tertiary/aromatic N) is 1. The summed E-state index contributed by atoms with van der Waals surface area (Å²) in [5.41, 5.74) is 0.984. The summed E-state index contributed by atoms with van der Waals surface area (Å²) in [6, 6.07) is 6.07. The Labute approximate surface area is 136 Å². The van der Waals surface area contributed by atoms with Crippen molar-refractivity contribution >= 4 is 5.91 Å². The lowest BCUT2D eigenvalue weighted by Crippen LogP contribution is -2.55. The van der Waals surface area contributed by atoms with Crippen molar-refractivity contribution in [2.24, 2.45) is 0 Å². The maximum atomic E-state index is 12.8. The van der Waals surface area contributed by atoms with Gasteiger partial charge < -0.3 is 19.1 Å². The second kappa shape index (κ2) is 6.40. The molecule has 2 aliphatic heterocycles. The minimum atomic E-state index is 0.196. The lowest BCUT2D eigenvalue weighted by atomic mass is 9.90. The van der Waals surface area contributed by atoms with Crippen molar-refractivity contribution in [1.29, 1.82) is 0 Å². The summed E-state index contributed by atoms with van der Waals surface area (Å²) in [6.45, 7) is 2.53. The molecule has 0 N–H and O–H groups in total. The van der Waals surface area contributed by atoms with Gasteiger partial charge in [0.25, 0.3) is 0 Å². The van der Waals surface area contributed by atoms with E-state index in [4.69, 9.17) is 14.2 Å². The van der Waals surface area contributed by atoms with Crippen LogP contribution in [0.15, 0.2) is 18.2 Å². The van der Waals surface area contributed by atoms with E-state index in [1.165, 1.54) is 12.8 Å². The van der Waals surface area contributed by atoms with E-state index in [0.29, 0.717) is 32.8 Å². The number of hydrogen-bond donors (Lipinski definition) is 0. The third kappa shape index (κ3) is 3.02. The van der Waals surface area contributed by atoms with E-state index in [0.717, 1.165) is 29.9 Å². The van der Waals surface area contributed by atoms with Gasteiger partial charge in [-0.15, -0.1) is 0 Å². The van der Waals surface area contributed by atoms with Crippen LogP contribution < -0.4 is 9.47 Å². The molecular formula is C18H23NO4. The van der Waals surface area contributed by atoms with Gasteiger partial charge in [0.2, 0.25) is 5.91 Å². The molecule has 1 aromatic carbocycles. The fraction of sp³-hybridized carbons (Fsp3) is 0.611. The molecule has 124 valence electrons. The van der Waals surface area contributed by atoms with Gasteiger partial charge in [0, 0.05) is 6.54 Å². The van der Waals surface area contributed by atoms with Gasteiger partial charge in [-0.05, 0) is 30.5 Å². The van der Waals surface area contributed by atoms with E-state index in [9.17, 15) is 4.79 Å². The molecule has 4 rings (SSSR count). The van der Waals surface area contributed by atoms with Crippen LogP contribution in [0.3, 0.4) is 0 Å². The van der Waals surface area contributed by atoms with E-state index in [1.807, 2.05) is 23.1 Å². The first-order valence-electron chi connectivity index (χ1n) is 8.61. The maximum Gasteiger partial charge on any atom is 0.227 e. The van der Waals surface area contributed by atoms with Gasteiger partial charge in [0.05, 0.1) is 25.2 Å². The lowest BCUT2D eigenvalue weighted by molar-refractivity contribution is -0.148. The number of ether oxygens (including phenoxy) is 3. The van der Waals surface area contributed by atoms with Crippen LogP contribution in [0.5, 0.6) is 11.5 Å². The quantitative estimate of drug-likeness (QED) is 0.839. The first kappa shape index (κ1) is 14.8. The van der Waals surface area contributed by atoms with Crippen molar-refractivity contribution < 1.29 is 19.0 Å². The third-order valence-electron chi connectivity index (χ3n) is 5.01. The van der Waals surface area contributed by atoms with Crippen molar-refractivity contribution in [2.75, 3.05) is 26.4 Å². The van der Waals surface area contributed by atoms with Crippen LogP contribution in [-0.4, -0.2) is 49.3 Å². The fourth-order valence-corrected chi connectivity index (χ4v) is 3.88. The van der Waals surface area contributed by atoms with Crippen molar-refractivity contribution in [2.45, 2.75) is 44.2 Å². The first-order chi connectivity index (χ1) is 11.3. The van der Waals surface area contributed by atoms with Gasteiger partial charge >= 0.3 is 0 Å². The Morgan fingerprint density at radius 1 is 1.09 bits per heavy atom. The molecule has 1 amide bonds. The summed E-state index contributed by atoms with van der Waals surface area (Å²) in [4.78, 5) is 14.8. The Hall–Kier alpha value is -1.75. The van der Waals surface area contributed by atoms with Gasteiger partial charge in [-0.3, -0.25) is 4.79 Å². The predicted molar refractivity (Wildman–Crippen MR) is 84.8 cm³/mol.